The number of nitrogens with one attached hydrogen (secondary N) is 1. The van der Waals surface area contributed by atoms with Crippen LogP contribution < -0.4 is 5.32 Å². The smallest absolute Gasteiger partial charge is 0.134 e. The number of pyridine rings is 2. The highest BCUT2D eigenvalue weighted by atomic mass is 35.5. The van der Waals surface area contributed by atoms with Crippen molar-refractivity contribution >= 4 is 34.0 Å². The summed E-state index contributed by atoms with van der Waals surface area (Å²) in [5.74, 6) is -0.375. The molecule has 0 bridgehead atoms. The number of benzene rings is 1. The first-order valence-electron chi connectivity index (χ1n) is 9.13. The van der Waals surface area contributed by atoms with Gasteiger partial charge in [-0.1, -0.05) is 11.6 Å². The lowest BCUT2D eigenvalue weighted by Crippen LogP contribution is -2.01. The topological polar surface area (TPSA) is 64.9 Å². The summed E-state index contributed by atoms with van der Waals surface area (Å²) in [6.07, 6.45) is 6.13. The van der Waals surface area contributed by atoms with Crippen LogP contribution >= 0.6 is 11.6 Å². The maximum atomic E-state index is 14.2. The zero-order valence-electron chi connectivity index (χ0n) is 15.8. The van der Waals surface area contributed by atoms with Gasteiger partial charge in [0.05, 0.1) is 17.6 Å². The number of nitrogens with zero attached hydrogens (tertiary/aromatic N) is 4. The van der Waals surface area contributed by atoms with Crippen LogP contribution in [0.1, 0.15) is 6.42 Å². The van der Waals surface area contributed by atoms with Gasteiger partial charge in [-0.05, 0) is 42.8 Å². The van der Waals surface area contributed by atoms with E-state index in [9.17, 15) is 4.39 Å². The van der Waals surface area contributed by atoms with Gasteiger partial charge in [0.1, 0.15) is 16.9 Å². The molecule has 29 heavy (non-hydrogen) atoms. The highest BCUT2D eigenvalue weighted by Crippen LogP contribution is 2.29. The lowest BCUT2D eigenvalue weighted by molar-refractivity contribution is 0.189. The van der Waals surface area contributed by atoms with E-state index in [0.717, 1.165) is 35.4 Å². The Hall–Kier alpha value is -3.03. The fourth-order valence-electron chi connectivity index (χ4n) is 3.06. The van der Waals surface area contributed by atoms with Gasteiger partial charge in [0, 0.05) is 48.9 Å². The molecular weight excluding hydrogens is 393 g/mol. The molecule has 0 amide bonds. The third kappa shape index (κ3) is 4.36. The third-order valence-electron chi connectivity index (χ3n) is 4.43. The lowest BCUT2D eigenvalue weighted by Gasteiger charge is -2.09. The Bertz CT molecular complexity index is 1150. The van der Waals surface area contributed by atoms with E-state index >= 15 is 0 Å². The second kappa shape index (κ2) is 8.55. The van der Waals surface area contributed by atoms with Crippen LogP contribution in [0.4, 0.5) is 15.8 Å². The molecule has 0 aliphatic carbocycles. The Balaban J connectivity index is 1.62. The molecule has 1 N–H and O–H groups in total. The first kappa shape index (κ1) is 19.3. The van der Waals surface area contributed by atoms with Crippen molar-refractivity contribution in [2.45, 2.75) is 13.0 Å². The number of methoxy groups -OCH3 is 1. The Labute approximate surface area is 172 Å². The molecule has 8 heteroatoms. The van der Waals surface area contributed by atoms with Gasteiger partial charge in [0.15, 0.2) is 0 Å². The number of ether oxygens (including phenoxy) is 1. The van der Waals surface area contributed by atoms with Crippen molar-refractivity contribution in [1.29, 1.82) is 0 Å². The van der Waals surface area contributed by atoms with E-state index in [-0.39, 0.29) is 5.82 Å². The van der Waals surface area contributed by atoms with Crippen molar-refractivity contribution in [3.63, 3.8) is 0 Å². The van der Waals surface area contributed by atoms with E-state index in [1.807, 2.05) is 23.0 Å². The third-order valence-corrected chi connectivity index (χ3v) is 4.67. The number of aromatic nitrogens is 4. The highest BCUT2D eigenvalue weighted by Gasteiger charge is 2.11. The van der Waals surface area contributed by atoms with Crippen molar-refractivity contribution in [3.05, 3.63) is 65.8 Å². The first-order valence-corrected chi connectivity index (χ1v) is 9.51. The van der Waals surface area contributed by atoms with E-state index in [0.29, 0.717) is 22.9 Å². The molecule has 0 aliphatic heterocycles. The minimum absolute atomic E-state index is 0.350. The van der Waals surface area contributed by atoms with Crippen molar-refractivity contribution < 1.29 is 9.13 Å². The summed E-state index contributed by atoms with van der Waals surface area (Å²) in [5.41, 5.74) is 3.97. The molecule has 0 saturated heterocycles. The van der Waals surface area contributed by atoms with E-state index in [4.69, 9.17) is 16.3 Å². The molecule has 0 radical (unpaired) electrons. The summed E-state index contributed by atoms with van der Waals surface area (Å²) < 4.78 is 21.2. The van der Waals surface area contributed by atoms with E-state index in [2.05, 4.69) is 20.4 Å². The number of anilines is 2. The first-order chi connectivity index (χ1) is 14.1. The maximum absolute atomic E-state index is 14.2. The number of halogens is 2. The second-order valence-corrected chi connectivity index (χ2v) is 6.95. The number of fused-ring (bicyclic) bond motifs is 1. The molecule has 4 aromatic rings. The summed E-state index contributed by atoms with van der Waals surface area (Å²) >= 11 is 6.01. The van der Waals surface area contributed by atoms with Gasteiger partial charge in [-0.15, -0.1) is 0 Å². The maximum Gasteiger partial charge on any atom is 0.134 e. The van der Waals surface area contributed by atoms with Gasteiger partial charge >= 0.3 is 0 Å². The quantitative estimate of drug-likeness (QED) is 0.430. The molecule has 4 rings (SSSR count). The standard InChI is InChI=1S/C21H19ClFN5O/c1-29-10-2-9-28-13-20-21(27-28)18(6-8-25-20)26-15-5-7-24-19(12-15)16-11-14(22)3-4-17(16)23/h3-8,11-13H,2,9-10H2,1H3,(H,24,26). The fraction of sp³-hybridized carbons (Fsp3) is 0.190. The van der Waals surface area contributed by atoms with Crippen LogP contribution in [0.3, 0.4) is 0 Å². The Kier molecular flexibility index (Phi) is 5.69. The van der Waals surface area contributed by atoms with Crippen LogP contribution in [-0.2, 0) is 11.3 Å². The summed E-state index contributed by atoms with van der Waals surface area (Å²) in [5, 5.41) is 8.42. The van der Waals surface area contributed by atoms with Crippen LogP contribution in [0, 0.1) is 5.82 Å². The van der Waals surface area contributed by atoms with Crippen LogP contribution in [0.15, 0.2) is 55.0 Å². The van der Waals surface area contributed by atoms with E-state index in [1.54, 1.807) is 31.6 Å². The molecule has 1 aromatic carbocycles. The minimum atomic E-state index is -0.375. The molecule has 0 aliphatic rings. The Morgan fingerprint density at radius 1 is 1.14 bits per heavy atom. The van der Waals surface area contributed by atoms with Crippen LogP contribution in [0.25, 0.3) is 22.3 Å². The zero-order valence-corrected chi connectivity index (χ0v) is 16.5. The van der Waals surface area contributed by atoms with Gasteiger partial charge in [-0.3, -0.25) is 14.6 Å². The average Bonchev–Trinajstić information content (AvgIpc) is 3.14. The molecule has 3 aromatic heterocycles. The molecule has 3 heterocycles. The van der Waals surface area contributed by atoms with E-state index in [1.165, 1.54) is 12.1 Å². The van der Waals surface area contributed by atoms with Gasteiger partial charge < -0.3 is 10.1 Å². The monoisotopic (exact) mass is 411 g/mol. The molecule has 0 spiro atoms. The molecule has 0 saturated carbocycles. The molecule has 6 nitrogen and oxygen atoms in total. The fourth-order valence-corrected chi connectivity index (χ4v) is 3.23. The lowest BCUT2D eigenvalue weighted by atomic mass is 10.1. The molecule has 0 atom stereocenters. The van der Waals surface area contributed by atoms with Crippen LogP contribution in [0.2, 0.25) is 5.02 Å². The van der Waals surface area contributed by atoms with E-state index < -0.39 is 0 Å². The van der Waals surface area contributed by atoms with Gasteiger partial charge in [0.2, 0.25) is 0 Å². The van der Waals surface area contributed by atoms with Crippen LogP contribution in [-0.4, -0.2) is 33.5 Å². The van der Waals surface area contributed by atoms with Gasteiger partial charge in [-0.2, -0.15) is 5.10 Å². The number of rotatable bonds is 7. The highest BCUT2D eigenvalue weighted by molar-refractivity contribution is 6.30. The second-order valence-electron chi connectivity index (χ2n) is 6.51. The van der Waals surface area contributed by atoms with Gasteiger partial charge in [0.25, 0.3) is 0 Å². The number of aryl methyl sites for hydroxylation is 1. The number of hydrogen-bond acceptors (Lipinski definition) is 5. The Morgan fingerprint density at radius 3 is 2.86 bits per heavy atom. The molecule has 0 fully saturated rings. The molecule has 148 valence electrons. The van der Waals surface area contributed by atoms with Crippen molar-refractivity contribution in [2.75, 3.05) is 19.0 Å². The average molecular weight is 412 g/mol. The number of hydrogen-bond donors (Lipinski definition) is 1. The molecule has 0 unspecified atom stereocenters. The van der Waals surface area contributed by atoms with Crippen molar-refractivity contribution in [1.82, 2.24) is 19.7 Å². The SMILES string of the molecule is COCCCn1cc2nccc(Nc3ccnc(-c4cc(Cl)ccc4F)c3)c2n1. The largest absolute Gasteiger partial charge is 0.385 e. The minimum Gasteiger partial charge on any atom is -0.385 e. The predicted octanol–water partition coefficient (Wildman–Crippen LogP) is 5.07. The Morgan fingerprint density at radius 2 is 2.00 bits per heavy atom. The van der Waals surface area contributed by atoms with Gasteiger partial charge in [-0.25, -0.2) is 4.39 Å². The van der Waals surface area contributed by atoms with Crippen molar-refractivity contribution in [3.8, 4) is 11.3 Å². The summed E-state index contributed by atoms with van der Waals surface area (Å²) in [6, 6.07) is 9.86. The van der Waals surface area contributed by atoms with Crippen molar-refractivity contribution in [2.24, 2.45) is 0 Å². The van der Waals surface area contributed by atoms with Crippen LogP contribution in [0.5, 0.6) is 0 Å². The molecular formula is C21H19ClFN5O. The predicted molar refractivity (Wildman–Crippen MR) is 112 cm³/mol. The summed E-state index contributed by atoms with van der Waals surface area (Å²) in [7, 11) is 1.68. The summed E-state index contributed by atoms with van der Waals surface area (Å²) in [6.45, 7) is 1.42. The normalized spacial score (nSPS) is 11.1. The zero-order chi connectivity index (χ0) is 20.2. The summed E-state index contributed by atoms with van der Waals surface area (Å²) in [4.78, 5) is 8.67.